The van der Waals surface area contributed by atoms with Crippen LogP contribution in [0.3, 0.4) is 0 Å². The number of ketones is 1. The summed E-state index contributed by atoms with van der Waals surface area (Å²) in [6.07, 6.45) is 12.8. The number of hydroxylamine groups is 2. The molecule has 9 fully saturated rings. The van der Waals surface area contributed by atoms with Gasteiger partial charge < -0.3 is 30.3 Å². The fourth-order valence-electron chi connectivity index (χ4n) is 18.2. The first-order valence-corrected chi connectivity index (χ1v) is 31.5. The van der Waals surface area contributed by atoms with Gasteiger partial charge in [0, 0.05) is 42.1 Å². The van der Waals surface area contributed by atoms with Gasteiger partial charge in [0.15, 0.2) is 5.78 Å². The third kappa shape index (κ3) is 17.8. The van der Waals surface area contributed by atoms with Crippen LogP contribution in [0.15, 0.2) is 53.0 Å². The molecule has 11 rings (SSSR count). The van der Waals surface area contributed by atoms with Gasteiger partial charge in [-0.25, -0.2) is 5.06 Å². The number of rotatable bonds is 6. The summed E-state index contributed by atoms with van der Waals surface area (Å²) < 4.78 is 85.5. The zero-order valence-electron chi connectivity index (χ0n) is 51.9. The Morgan fingerprint density at radius 3 is 1.33 bits per heavy atom. The van der Waals surface area contributed by atoms with E-state index in [1.807, 2.05) is 13.8 Å². The Labute approximate surface area is 527 Å². The van der Waals surface area contributed by atoms with Gasteiger partial charge in [0.2, 0.25) is 5.91 Å². The maximum Gasteiger partial charge on any atom is 1.00 e. The van der Waals surface area contributed by atoms with Crippen LogP contribution in [0.2, 0.25) is 0 Å². The molecule has 9 nitrogen and oxygen atoms in total. The van der Waals surface area contributed by atoms with Crippen molar-refractivity contribution in [3.05, 3.63) is 64.5 Å². The van der Waals surface area contributed by atoms with Crippen LogP contribution in [0.25, 0.3) is 0 Å². The average molecular weight is 1270 g/mol. The van der Waals surface area contributed by atoms with Crippen LogP contribution < -0.4 is 28.3 Å². The molecule has 8 aliphatic carbocycles. The third-order valence-electron chi connectivity index (χ3n) is 22.4. The average Bonchev–Trinajstić information content (AvgIpc) is 1.78. The Bertz CT molecular complexity index is 2410. The van der Waals surface area contributed by atoms with E-state index in [9.17, 15) is 46.1 Å². The minimum Gasteiger partial charge on any atom is -0.406 e. The van der Waals surface area contributed by atoms with Crippen LogP contribution in [0.5, 0.6) is 11.5 Å². The number of halogens is 7. The van der Waals surface area contributed by atoms with Crippen molar-refractivity contribution >= 4 is 27.6 Å². The van der Waals surface area contributed by atoms with Gasteiger partial charge in [-0.05, 0) is 260 Å². The van der Waals surface area contributed by atoms with Crippen LogP contribution in [0.1, 0.15) is 216 Å². The molecule has 17 heteroatoms. The molecule has 0 spiro atoms. The first kappa shape index (κ1) is 75.1. The second-order valence-corrected chi connectivity index (χ2v) is 29.3. The fraction of sp³-hybridized carbons (Fsp3) is 0.779. The summed E-state index contributed by atoms with van der Waals surface area (Å²) in [7, 11) is 3.34. The summed E-state index contributed by atoms with van der Waals surface area (Å²) in [5, 5.41) is 22.8. The van der Waals surface area contributed by atoms with Crippen LogP contribution in [0.4, 0.5) is 26.3 Å². The second-order valence-electron chi connectivity index (χ2n) is 28.3. The van der Waals surface area contributed by atoms with E-state index in [1.54, 1.807) is 14.2 Å². The van der Waals surface area contributed by atoms with E-state index in [4.69, 9.17) is 9.57 Å². The van der Waals surface area contributed by atoms with Gasteiger partial charge >= 0.3 is 31.6 Å². The topological polar surface area (TPSA) is 115 Å². The van der Waals surface area contributed by atoms with E-state index < -0.39 is 23.9 Å². The molecule has 0 bridgehead atoms. The van der Waals surface area contributed by atoms with Gasteiger partial charge in [0.25, 0.3) is 0 Å². The minimum atomic E-state index is -4.74. The molecule has 8 saturated carbocycles. The number of alkyl halides is 6. The van der Waals surface area contributed by atoms with Crippen molar-refractivity contribution in [2.45, 2.75) is 230 Å². The molecule has 0 aromatic heterocycles. The number of carbonyl (C=O) groups excluding carboxylic acids is 2. The molecule has 2 aromatic rings. The van der Waals surface area contributed by atoms with Gasteiger partial charge in [-0.3, -0.25) is 14.4 Å². The Hall–Kier alpha value is -2.32. The predicted octanol–water partition coefficient (Wildman–Crippen LogP) is 15.6. The van der Waals surface area contributed by atoms with E-state index in [1.165, 1.54) is 124 Å². The quantitative estimate of drug-likeness (QED) is 0.0966. The zero-order valence-corrected chi connectivity index (χ0v) is 53.5. The normalized spacial score (nSPS) is 37.5. The van der Waals surface area contributed by atoms with Gasteiger partial charge in [-0.2, -0.15) is 20.8 Å². The van der Waals surface area contributed by atoms with Crippen molar-refractivity contribution in [3.63, 3.8) is 0 Å². The van der Waals surface area contributed by atoms with Crippen LogP contribution in [0, 0.1) is 86.8 Å². The molecular weight excluding hydrogens is 1160 g/mol. The van der Waals surface area contributed by atoms with Crippen molar-refractivity contribution < 1.29 is 84.1 Å². The van der Waals surface area contributed by atoms with Gasteiger partial charge in [0.05, 0.1) is 18.3 Å². The summed E-state index contributed by atoms with van der Waals surface area (Å²) in [5.74, 6) is 6.46. The number of hydrogen-bond acceptors (Lipinski definition) is 8. The summed E-state index contributed by atoms with van der Waals surface area (Å²) in [5.41, 5.74) is 0.230. The predicted molar refractivity (Wildman–Crippen MR) is 324 cm³/mol. The maximum atomic E-state index is 13.5. The molecule has 480 valence electrons. The smallest absolute Gasteiger partial charge is 0.406 e. The van der Waals surface area contributed by atoms with E-state index in [0.717, 1.165) is 89.3 Å². The number of benzene rings is 2. The first-order chi connectivity index (χ1) is 38.1. The van der Waals surface area contributed by atoms with Gasteiger partial charge in [-0.1, -0.05) is 58.5 Å². The molecule has 85 heavy (non-hydrogen) atoms. The fourth-order valence-corrected chi connectivity index (χ4v) is 18.4. The molecule has 1 aliphatic heterocycles. The van der Waals surface area contributed by atoms with Crippen molar-refractivity contribution in [1.29, 1.82) is 0 Å². The number of fused-ring (bicyclic) bond motifs is 10. The number of carbonyl (C=O) groups is 2. The van der Waals surface area contributed by atoms with Crippen LogP contribution in [-0.2, 0) is 14.4 Å². The SMILES string of the molecule is C.C.C1CCOC1.CON(C)C(=O)[C@H]1CC[C@H]2[C@@H]3CC[C@@H]4C[C@](C)(O)CC[C@]4(C)[C@H]3CC[C@]12C.C[C-](C)C.C[C@@]1(O)CC[C@@]2(C)[C@H](CC[C@@H]3[C@@H]2CC[C@]2(C)[C@@H](C(=O)c4ccc(OC(F)(F)F)cc4)CC[C@@H]32)C1.FC(F)(F)Oc1ccc(Br)cc1.[Li+]. The van der Waals surface area contributed by atoms with Crippen molar-refractivity contribution in [2.24, 2.45) is 80.8 Å². The number of hydrogen-bond donors (Lipinski definition) is 2. The largest absolute Gasteiger partial charge is 1.00 e. The first-order valence-electron chi connectivity index (χ1n) is 30.7. The standard InChI is InChI=1S/C28H37F3O3.C23H39NO3.C7H4BrF3O.C4H8O.C4H9.2CH4.Li/c1-25(33)14-15-26(2)18(16-25)6-9-20-21-10-11-23(27(21,3)13-12-22(20)26)24(32)17-4-7-19(8-5-17)34-28(29,30)31;1-21(26)12-13-22(2)15(14-21)6-7-16-17-8-9-19(20(25)24(4)27-5)23(17,3)11-10-18(16)22;8-5-1-3-6(4-2-5)12-7(9,10)11;1-2-4-5-3-1;1-4(2)3;;;/h4-5,7-8,18,20-23,33H,6,9-16H2,1-3H3;15-19,26H,6-14H2,1-5H3;1-4H;1-4H2;1-3H3;2*1H4;/q;;;;-1;;;+1/t18-,20+,21+,22+,23-,25-,26+,27+;15-,16+,17+,18+,19-,21-,22+,23+;;;;;;/m11....../s1. The Kier molecular flexibility index (Phi) is 26.3. The molecule has 1 saturated heterocycles. The summed E-state index contributed by atoms with van der Waals surface area (Å²) in [6, 6.07) is 10.9. The molecular formula is C68H105BrF6LiNO8. The molecule has 16 atom stereocenters. The van der Waals surface area contributed by atoms with Gasteiger partial charge in [0.1, 0.15) is 11.5 Å². The molecule has 2 N–H and O–H groups in total. The Morgan fingerprint density at radius 2 is 0.953 bits per heavy atom. The third-order valence-corrected chi connectivity index (χ3v) is 22.9. The van der Waals surface area contributed by atoms with E-state index in [0.29, 0.717) is 51.0 Å². The monoisotopic (exact) mass is 1260 g/mol. The van der Waals surface area contributed by atoms with Crippen LogP contribution in [-0.4, -0.2) is 78.3 Å². The van der Waals surface area contributed by atoms with Gasteiger partial charge in [-0.15, -0.1) is 26.3 Å². The van der Waals surface area contributed by atoms with Crippen molar-refractivity contribution in [3.8, 4) is 11.5 Å². The van der Waals surface area contributed by atoms with Crippen molar-refractivity contribution in [2.75, 3.05) is 27.4 Å². The summed E-state index contributed by atoms with van der Waals surface area (Å²) in [6.45, 7) is 22.0. The number of amides is 1. The Balaban J connectivity index is 0.000000269. The summed E-state index contributed by atoms with van der Waals surface area (Å²) in [4.78, 5) is 31.7. The Morgan fingerprint density at radius 1 is 0.576 bits per heavy atom. The zero-order chi connectivity index (χ0) is 60.4. The number of Topliss-reactive ketones (excluding diaryl/α,β-unsaturated/α-hetero) is 1. The molecule has 0 unspecified atom stereocenters. The number of nitrogens with zero attached hydrogens (tertiary/aromatic N) is 1. The van der Waals surface area contributed by atoms with E-state index >= 15 is 0 Å². The maximum absolute atomic E-state index is 13.5. The molecule has 9 aliphatic rings. The molecule has 0 radical (unpaired) electrons. The van der Waals surface area contributed by atoms with Crippen LogP contribution >= 0.6 is 15.9 Å². The molecule has 1 heterocycles. The van der Waals surface area contributed by atoms with E-state index in [2.05, 4.69) is 73.9 Å². The van der Waals surface area contributed by atoms with Crippen molar-refractivity contribution in [1.82, 2.24) is 5.06 Å². The minimum absolute atomic E-state index is 0. The number of ether oxygens (including phenoxy) is 3. The summed E-state index contributed by atoms with van der Waals surface area (Å²) >= 11 is 3.09. The van der Waals surface area contributed by atoms with E-state index in [-0.39, 0.29) is 85.0 Å². The second kappa shape index (κ2) is 29.8. The number of aliphatic hydroxyl groups is 2. The molecule has 1 amide bonds. The molecule has 2 aromatic carbocycles.